The third-order valence-electron chi connectivity index (χ3n) is 3.05. The molecule has 0 aromatic carbocycles. The predicted molar refractivity (Wildman–Crippen MR) is 74.2 cm³/mol. The van der Waals surface area contributed by atoms with E-state index in [2.05, 4.69) is 5.16 Å². The van der Waals surface area contributed by atoms with E-state index in [4.69, 9.17) is 13.7 Å². The van der Waals surface area contributed by atoms with Crippen LogP contribution >= 0.6 is 0 Å². The Morgan fingerprint density at radius 2 is 2.14 bits per heavy atom. The number of hydrogen-bond acceptors (Lipinski definition) is 6. The van der Waals surface area contributed by atoms with Gasteiger partial charge in [0.2, 0.25) is 10.0 Å². The van der Waals surface area contributed by atoms with Crippen molar-refractivity contribution in [2.75, 3.05) is 20.3 Å². The molecule has 0 aliphatic carbocycles. The van der Waals surface area contributed by atoms with Crippen LogP contribution in [0.3, 0.4) is 0 Å². The van der Waals surface area contributed by atoms with Crippen LogP contribution in [-0.2, 0) is 21.3 Å². The molecule has 0 radical (unpaired) electrons. The largest absolute Gasteiger partial charge is 0.472 e. The smallest absolute Gasteiger partial charge is 0.248 e. The van der Waals surface area contributed by atoms with Crippen molar-refractivity contribution in [3.05, 3.63) is 35.6 Å². The van der Waals surface area contributed by atoms with Crippen molar-refractivity contribution in [1.29, 1.82) is 0 Å². The molecule has 0 aliphatic heterocycles. The summed E-state index contributed by atoms with van der Waals surface area (Å²) >= 11 is 0. The zero-order chi connectivity index (χ0) is 15.5. The van der Waals surface area contributed by atoms with Crippen LogP contribution < -0.4 is 0 Å². The molecule has 0 N–H and O–H groups in total. The van der Waals surface area contributed by atoms with Gasteiger partial charge in [-0.25, -0.2) is 8.42 Å². The molecule has 8 heteroatoms. The second-order valence-electron chi connectivity index (χ2n) is 4.62. The molecule has 2 aromatic heterocycles. The molecular weight excluding hydrogens is 296 g/mol. The maximum Gasteiger partial charge on any atom is 0.248 e. The molecule has 0 saturated heterocycles. The fourth-order valence-electron chi connectivity index (χ4n) is 2.04. The lowest BCUT2D eigenvalue weighted by Gasteiger charge is -2.21. The molecule has 2 rings (SSSR count). The van der Waals surface area contributed by atoms with Crippen LogP contribution in [0.5, 0.6) is 0 Å². The lowest BCUT2D eigenvalue weighted by atomic mass is 10.3. The number of aromatic nitrogens is 1. The molecule has 116 valence electrons. The Morgan fingerprint density at radius 3 is 2.67 bits per heavy atom. The maximum absolute atomic E-state index is 12.8. The van der Waals surface area contributed by atoms with Gasteiger partial charge in [0.25, 0.3) is 0 Å². The van der Waals surface area contributed by atoms with Crippen LogP contribution in [-0.4, -0.2) is 38.1 Å². The fourth-order valence-corrected chi connectivity index (χ4v) is 3.74. The molecule has 2 heterocycles. The third-order valence-corrected chi connectivity index (χ3v) is 5.14. The third kappa shape index (κ3) is 3.34. The van der Waals surface area contributed by atoms with Gasteiger partial charge in [-0.05, 0) is 19.9 Å². The number of ether oxygens (including phenoxy) is 1. The van der Waals surface area contributed by atoms with Gasteiger partial charge in [-0.2, -0.15) is 4.31 Å². The highest BCUT2D eigenvalue weighted by Crippen LogP contribution is 2.24. The molecule has 7 nitrogen and oxygen atoms in total. The van der Waals surface area contributed by atoms with E-state index in [1.807, 2.05) is 0 Å². The Hall–Kier alpha value is -1.64. The zero-order valence-electron chi connectivity index (χ0n) is 12.2. The van der Waals surface area contributed by atoms with Gasteiger partial charge in [0, 0.05) is 25.8 Å². The molecule has 0 fully saturated rings. The quantitative estimate of drug-likeness (QED) is 0.773. The summed E-state index contributed by atoms with van der Waals surface area (Å²) in [5.41, 5.74) is 1.11. The molecule has 0 unspecified atom stereocenters. The molecule has 0 spiro atoms. The minimum absolute atomic E-state index is 0.113. The van der Waals surface area contributed by atoms with Crippen LogP contribution in [0.15, 0.2) is 32.4 Å². The first-order valence-electron chi connectivity index (χ1n) is 6.40. The summed E-state index contributed by atoms with van der Waals surface area (Å²) in [7, 11) is -2.19. The first kappa shape index (κ1) is 15.7. The Balaban J connectivity index is 2.34. The van der Waals surface area contributed by atoms with Gasteiger partial charge in [0.15, 0.2) is 5.76 Å². The summed E-state index contributed by atoms with van der Waals surface area (Å²) in [5, 5.41) is 3.71. The highest BCUT2D eigenvalue weighted by molar-refractivity contribution is 7.89. The second-order valence-corrected chi connectivity index (χ2v) is 6.49. The predicted octanol–water partition coefficient (Wildman–Crippen LogP) is 1.72. The van der Waals surface area contributed by atoms with E-state index < -0.39 is 10.0 Å². The summed E-state index contributed by atoms with van der Waals surface area (Å²) < 4.78 is 41.9. The van der Waals surface area contributed by atoms with Gasteiger partial charge in [-0.3, -0.25) is 0 Å². The standard InChI is InChI=1S/C13H18N2O5S/c1-10-13(11(2)20-14-10)21(16,17)15(5-7-18-3)8-12-4-6-19-9-12/h4,6,9H,5,7-8H2,1-3H3. The van der Waals surface area contributed by atoms with Gasteiger partial charge in [0.05, 0.1) is 19.1 Å². The average molecular weight is 314 g/mol. The maximum atomic E-state index is 12.8. The van der Waals surface area contributed by atoms with Crippen LogP contribution in [0.1, 0.15) is 17.0 Å². The molecule has 0 aliphatic rings. The minimum atomic E-state index is -3.71. The van der Waals surface area contributed by atoms with Crippen LogP contribution in [0.2, 0.25) is 0 Å². The summed E-state index contributed by atoms with van der Waals surface area (Å²) in [6.45, 7) is 3.91. The van der Waals surface area contributed by atoms with Crippen LogP contribution in [0.4, 0.5) is 0 Å². The van der Waals surface area contributed by atoms with Gasteiger partial charge in [-0.1, -0.05) is 5.16 Å². The molecule has 0 amide bonds. The number of rotatable bonds is 7. The van der Waals surface area contributed by atoms with Crippen molar-refractivity contribution in [3.63, 3.8) is 0 Å². The van der Waals surface area contributed by atoms with E-state index in [0.29, 0.717) is 12.3 Å². The monoisotopic (exact) mass is 314 g/mol. The fraction of sp³-hybridized carbons (Fsp3) is 0.462. The van der Waals surface area contributed by atoms with Gasteiger partial charge in [-0.15, -0.1) is 0 Å². The van der Waals surface area contributed by atoms with Gasteiger partial charge < -0.3 is 13.7 Å². The molecule has 21 heavy (non-hydrogen) atoms. The topological polar surface area (TPSA) is 85.8 Å². The number of hydrogen-bond donors (Lipinski definition) is 0. The molecule has 0 bridgehead atoms. The van der Waals surface area contributed by atoms with Crippen LogP contribution in [0.25, 0.3) is 0 Å². The van der Waals surface area contributed by atoms with E-state index in [-0.39, 0.29) is 23.7 Å². The summed E-state index contributed by atoms with van der Waals surface area (Å²) in [4.78, 5) is 0.113. The number of nitrogens with zero attached hydrogens (tertiary/aromatic N) is 2. The number of sulfonamides is 1. The van der Waals surface area contributed by atoms with E-state index in [9.17, 15) is 8.42 Å². The summed E-state index contributed by atoms with van der Waals surface area (Å²) in [6, 6.07) is 1.72. The molecule has 2 aromatic rings. The normalized spacial score (nSPS) is 12.2. The van der Waals surface area contributed by atoms with Crippen LogP contribution in [0, 0.1) is 13.8 Å². The molecule has 0 saturated carbocycles. The Morgan fingerprint density at radius 1 is 1.38 bits per heavy atom. The first-order chi connectivity index (χ1) is 9.96. The van der Waals surface area contributed by atoms with Gasteiger partial charge >= 0.3 is 0 Å². The van der Waals surface area contributed by atoms with Crippen molar-refractivity contribution in [2.24, 2.45) is 0 Å². The summed E-state index contributed by atoms with van der Waals surface area (Å²) in [6.07, 6.45) is 3.02. The Kier molecular flexibility index (Phi) is 4.81. The SMILES string of the molecule is COCCN(Cc1ccoc1)S(=O)(=O)c1c(C)noc1C. The Bertz CT molecular complexity index is 656. The first-order valence-corrected chi connectivity index (χ1v) is 7.84. The minimum Gasteiger partial charge on any atom is -0.472 e. The zero-order valence-corrected chi connectivity index (χ0v) is 13.0. The van der Waals surface area contributed by atoms with E-state index in [1.54, 1.807) is 19.9 Å². The highest BCUT2D eigenvalue weighted by atomic mass is 32.2. The Labute approximate surface area is 123 Å². The average Bonchev–Trinajstić information content (AvgIpc) is 3.04. The highest BCUT2D eigenvalue weighted by Gasteiger charge is 2.31. The van der Waals surface area contributed by atoms with Crippen molar-refractivity contribution in [1.82, 2.24) is 9.46 Å². The lowest BCUT2D eigenvalue weighted by molar-refractivity contribution is 0.177. The second kappa shape index (κ2) is 6.42. The number of furan rings is 1. The number of aryl methyl sites for hydroxylation is 2. The van der Waals surface area contributed by atoms with E-state index >= 15 is 0 Å². The lowest BCUT2D eigenvalue weighted by Crippen LogP contribution is -2.34. The van der Waals surface area contributed by atoms with Crippen molar-refractivity contribution >= 4 is 10.0 Å². The van der Waals surface area contributed by atoms with Crippen molar-refractivity contribution in [2.45, 2.75) is 25.3 Å². The van der Waals surface area contributed by atoms with E-state index in [1.165, 1.54) is 23.9 Å². The molecular formula is C13H18N2O5S. The van der Waals surface area contributed by atoms with Crippen molar-refractivity contribution < 1.29 is 22.1 Å². The molecule has 0 atom stereocenters. The summed E-state index contributed by atoms with van der Waals surface area (Å²) in [5.74, 6) is 0.280. The van der Waals surface area contributed by atoms with Gasteiger partial charge in [0.1, 0.15) is 10.6 Å². The van der Waals surface area contributed by atoms with Crippen molar-refractivity contribution in [3.8, 4) is 0 Å². The van der Waals surface area contributed by atoms with E-state index in [0.717, 1.165) is 5.56 Å². The number of methoxy groups -OCH3 is 1.